The summed E-state index contributed by atoms with van der Waals surface area (Å²) < 4.78 is 0. The lowest BCUT2D eigenvalue weighted by Gasteiger charge is -2.22. The summed E-state index contributed by atoms with van der Waals surface area (Å²) in [5, 5.41) is 0. The van der Waals surface area contributed by atoms with Crippen molar-refractivity contribution >= 4 is 78.5 Å². The van der Waals surface area contributed by atoms with Crippen LogP contribution in [0.1, 0.15) is 25.7 Å². The summed E-state index contributed by atoms with van der Waals surface area (Å²) in [6, 6.07) is -4.76. The molecule has 0 heterocycles. The third-order valence-corrected chi connectivity index (χ3v) is 14.5. The zero-order valence-corrected chi connectivity index (χ0v) is 18.4. The maximum Gasteiger partial charge on any atom is 0.344 e. The van der Waals surface area contributed by atoms with Crippen molar-refractivity contribution in [1.82, 2.24) is 0 Å². The lowest BCUT2D eigenvalue weighted by atomic mass is 10.1. The van der Waals surface area contributed by atoms with Gasteiger partial charge in [0.1, 0.15) is 0 Å². The first kappa shape index (κ1) is 17.3. The molecule has 0 aromatic carbocycles. The fraction of sp³-hybridized carbons (Fsp3) is 0.857. The smallest absolute Gasteiger partial charge is 0.126 e. The molecule has 0 radical (unpaired) electrons. The summed E-state index contributed by atoms with van der Waals surface area (Å²) in [7, 11) is 0. The fourth-order valence-corrected chi connectivity index (χ4v) is 13.9. The summed E-state index contributed by atoms with van der Waals surface area (Å²) in [4.78, 5) is 0. The van der Waals surface area contributed by atoms with Crippen molar-refractivity contribution in [3.63, 3.8) is 0 Å². The van der Waals surface area contributed by atoms with Crippen molar-refractivity contribution in [3.8, 4) is 0 Å². The van der Waals surface area contributed by atoms with E-state index in [1.807, 2.05) is 0 Å². The van der Waals surface area contributed by atoms with Crippen LogP contribution in [0, 0.1) is 35.5 Å². The molecule has 6 rings (SSSR count). The summed E-state index contributed by atoms with van der Waals surface area (Å²) >= 11 is 36.1. The molecule has 6 aliphatic rings. The quantitative estimate of drug-likeness (QED) is 0.241. The van der Waals surface area contributed by atoms with Gasteiger partial charge < -0.3 is 0 Å². The number of allylic oxidation sites excluding steroid dienone is 2. The molecule has 0 nitrogen and oxygen atoms in total. The maximum atomic E-state index is 6.05. The van der Waals surface area contributed by atoms with E-state index in [4.69, 9.17) is 66.5 Å². The van der Waals surface area contributed by atoms with E-state index in [9.17, 15) is 0 Å². The van der Waals surface area contributed by atoms with Crippen LogP contribution >= 0.6 is 66.5 Å². The van der Waals surface area contributed by atoms with E-state index < -0.39 is 12.0 Å². The summed E-state index contributed by atoms with van der Waals surface area (Å²) in [6.45, 7) is 0. The third kappa shape index (κ3) is 2.96. The van der Waals surface area contributed by atoms with Crippen LogP contribution in [0.15, 0.2) is 12.2 Å². The second-order valence-electron chi connectivity index (χ2n) is 7.63. The van der Waals surface area contributed by atoms with E-state index >= 15 is 0 Å². The Balaban J connectivity index is 0.000000114. The van der Waals surface area contributed by atoms with E-state index in [2.05, 4.69) is 12.2 Å². The summed E-state index contributed by atoms with van der Waals surface area (Å²) in [6.07, 6.45) is 9.59. The molecule has 0 N–H and O–H groups in total. The number of rotatable bonds is 2. The minimum Gasteiger partial charge on any atom is -0.126 e. The van der Waals surface area contributed by atoms with Crippen LogP contribution in [0.25, 0.3) is 0 Å². The molecule has 6 atom stereocenters. The highest BCUT2D eigenvalue weighted by Crippen LogP contribution is 2.78. The summed E-state index contributed by atoms with van der Waals surface area (Å²) in [5.41, 5.74) is 0.921. The first-order chi connectivity index (χ1) is 10.2. The molecule has 0 aromatic rings. The highest BCUT2D eigenvalue weighted by molar-refractivity contribution is 7.65. The maximum absolute atomic E-state index is 6.05. The topological polar surface area (TPSA) is 0 Å². The number of hydrogen-bond acceptors (Lipinski definition) is 0. The van der Waals surface area contributed by atoms with Crippen LogP contribution in [-0.4, -0.2) is 12.0 Å². The SMILES string of the molecule is Cl[Si](Cl)(Cl)C1C2CC3C(C2)C31.Cl[Si](Cl)(Cl)C1CC2C=CC1C2. The molecular formula is C14H18Cl6Si2. The van der Waals surface area contributed by atoms with Gasteiger partial charge in [0.2, 0.25) is 0 Å². The van der Waals surface area contributed by atoms with Crippen molar-refractivity contribution in [2.24, 2.45) is 35.5 Å². The zero-order valence-electron chi connectivity index (χ0n) is 11.9. The van der Waals surface area contributed by atoms with Gasteiger partial charge in [0.15, 0.2) is 0 Å². The monoisotopic (exact) mass is 452 g/mol. The van der Waals surface area contributed by atoms with Gasteiger partial charge in [-0.2, -0.15) is 0 Å². The minimum absolute atomic E-state index is 0.391. The average Bonchev–Trinajstić information content (AvgIpc) is 3.03. The fourth-order valence-electron chi connectivity index (χ4n) is 5.72. The highest BCUT2D eigenvalue weighted by Gasteiger charge is 2.72. The predicted molar refractivity (Wildman–Crippen MR) is 103 cm³/mol. The largest absolute Gasteiger partial charge is 0.344 e. The molecule has 5 fully saturated rings. The molecule has 0 amide bonds. The first-order valence-electron chi connectivity index (χ1n) is 7.98. The number of hydrogen-bond donors (Lipinski definition) is 0. The van der Waals surface area contributed by atoms with Gasteiger partial charge in [-0.05, 0) is 61.2 Å². The van der Waals surface area contributed by atoms with Crippen LogP contribution < -0.4 is 0 Å². The Morgan fingerprint density at radius 2 is 1.36 bits per heavy atom. The van der Waals surface area contributed by atoms with Crippen LogP contribution in [0.5, 0.6) is 0 Å². The number of fused-ring (bicyclic) bond motifs is 2. The van der Waals surface area contributed by atoms with E-state index in [1.54, 1.807) is 0 Å². The van der Waals surface area contributed by atoms with Crippen molar-refractivity contribution in [2.45, 2.75) is 36.8 Å². The van der Waals surface area contributed by atoms with Gasteiger partial charge in [-0.15, -0.1) is 66.5 Å². The molecule has 0 aromatic heterocycles. The Morgan fingerprint density at radius 1 is 0.727 bits per heavy atom. The molecule has 8 heteroatoms. The van der Waals surface area contributed by atoms with Gasteiger partial charge in [-0.1, -0.05) is 12.2 Å². The summed E-state index contributed by atoms with van der Waals surface area (Å²) in [5.74, 6) is 4.90. The highest BCUT2D eigenvalue weighted by atomic mass is 35.8. The van der Waals surface area contributed by atoms with Crippen molar-refractivity contribution in [3.05, 3.63) is 12.2 Å². The van der Waals surface area contributed by atoms with E-state index in [0.717, 1.165) is 30.1 Å². The molecule has 0 saturated heterocycles. The Kier molecular flexibility index (Phi) is 4.50. The molecule has 6 unspecified atom stereocenters. The van der Waals surface area contributed by atoms with Crippen LogP contribution in [0.3, 0.4) is 0 Å². The van der Waals surface area contributed by atoms with Crippen LogP contribution in [0.2, 0.25) is 11.1 Å². The lowest BCUT2D eigenvalue weighted by molar-refractivity contribution is 0.599. The molecule has 0 aliphatic heterocycles. The van der Waals surface area contributed by atoms with Gasteiger partial charge in [0, 0.05) is 11.1 Å². The van der Waals surface area contributed by atoms with Crippen LogP contribution in [-0.2, 0) is 0 Å². The van der Waals surface area contributed by atoms with E-state index in [1.165, 1.54) is 19.3 Å². The van der Waals surface area contributed by atoms with E-state index in [0.29, 0.717) is 22.9 Å². The zero-order chi connectivity index (χ0) is 15.9. The standard InChI is InChI=1S/2C7H9Cl3Si/c8-11(9,10)7-3-1-4-5(2-3)6(4)7;8-11(9,10)7-4-5-1-2-6(7)3-5/h3-7H,1-2H2;1-2,5-7H,3-4H2. The first-order valence-corrected chi connectivity index (χ1v) is 18.2. The van der Waals surface area contributed by atoms with Crippen molar-refractivity contribution in [2.75, 3.05) is 0 Å². The Morgan fingerprint density at radius 3 is 1.59 bits per heavy atom. The molecule has 22 heavy (non-hydrogen) atoms. The Hall–Kier alpha value is 1.91. The molecule has 5 saturated carbocycles. The molecule has 124 valence electrons. The molecule has 6 bridgehead atoms. The predicted octanol–water partition coefficient (Wildman–Crippen LogP) is 6.91. The second-order valence-corrected chi connectivity index (χ2v) is 25.4. The third-order valence-electron chi connectivity index (χ3n) is 6.55. The van der Waals surface area contributed by atoms with Gasteiger partial charge >= 0.3 is 12.0 Å². The number of halogens is 6. The van der Waals surface area contributed by atoms with E-state index in [-0.39, 0.29) is 0 Å². The van der Waals surface area contributed by atoms with Gasteiger partial charge in [-0.25, -0.2) is 0 Å². The molecule has 6 aliphatic carbocycles. The van der Waals surface area contributed by atoms with Crippen molar-refractivity contribution < 1.29 is 0 Å². The Labute approximate surface area is 162 Å². The minimum atomic E-state index is -2.41. The second kappa shape index (κ2) is 5.71. The van der Waals surface area contributed by atoms with Crippen molar-refractivity contribution in [1.29, 1.82) is 0 Å². The molecule has 0 spiro atoms. The van der Waals surface area contributed by atoms with Gasteiger partial charge in [0.25, 0.3) is 0 Å². The average molecular weight is 455 g/mol. The van der Waals surface area contributed by atoms with Gasteiger partial charge in [0.05, 0.1) is 0 Å². The Bertz CT molecular complexity index is 485. The molecular weight excluding hydrogens is 437 g/mol. The van der Waals surface area contributed by atoms with Gasteiger partial charge in [-0.3, -0.25) is 0 Å². The normalized spacial score (nSPS) is 50.3. The lowest BCUT2D eigenvalue weighted by Crippen LogP contribution is -2.23. The van der Waals surface area contributed by atoms with Crippen LogP contribution in [0.4, 0.5) is 0 Å².